The van der Waals surface area contributed by atoms with Crippen LogP contribution in [0.5, 0.6) is 0 Å². The Bertz CT molecular complexity index is 1580. The second kappa shape index (κ2) is 11.4. The van der Waals surface area contributed by atoms with Gasteiger partial charge in [0.25, 0.3) is 5.91 Å². The van der Waals surface area contributed by atoms with Crippen LogP contribution in [-0.2, 0) is 21.2 Å². The second-order valence-electron chi connectivity index (χ2n) is 10.5. The molecule has 0 saturated carbocycles. The Morgan fingerprint density at radius 3 is 2.03 bits per heavy atom. The third-order valence-electron chi connectivity index (χ3n) is 6.25. The van der Waals surface area contributed by atoms with Gasteiger partial charge < -0.3 is 10.2 Å². The molecule has 4 aromatic carbocycles. The van der Waals surface area contributed by atoms with Crippen molar-refractivity contribution in [2.24, 2.45) is 0 Å². The van der Waals surface area contributed by atoms with E-state index >= 15 is 0 Å². The molecule has 39 heavy (non-hydrogen) atoms. The van der Waals surface area contributed by atoms with Gasteiger partial charge in [-0.1, -0.05) is 72.8 Å². The van der Waals surface area contributed by atoms with Crippen molar-refractivity contribution in [2.75, 3.05) is 12.4 Å². The SMILES string of the molecule is CN(C(=O)c1ccccc1)C(Cc1ccccc1)C(=O)Nc1cccc2c(S(=O)(=O)NC(C)(C)C)cccc12. The number of benzene rings is 4. The average Bonchev–Trinajstić information content (AvgIpc) is 2.90. The van der Waals surface area contributed by atoms with Gasteiger partial charge in [-0.25, -0.2) is 13.1 Å². The van der Waals surface area contributed by atoms with Gasteiger partial charge in [0.2, 0.25) is 15.9 Å². The Morgan fingerprint density at radius 1 is 0.795 bits per heavy atom. The highest BCUT2D eigenvalue weighted by molar-refractivity contribution is 7.89. The maximum atomic E-state index is 13.8. The molecule has 0 aliphatic carbocycles. The van der Waals surface area contributed by atoms with Crippen LogP contribution in [0.25, 0.3) is 10.8 Å². The van der Waals surface area contributed by atoms with Crippen LogP contribution in [0.15, 0.2) is 102 Å². The number of likely N-dealkylation sites (N-methyl/N-ethyl adjacent to an activating group) is 1. The van der Waals surface area contributed by atoms with Crippen molar-refractivity contribution in [3.63, 3.8) is 0 Å². The zero-order valence-electron chi connectivity index (χ0n) is 22.5. The molecule has 8 heteroatoms. The van der Waals surface area contributed by atoms with Crippen LogP contribution in [0.1, 0.15) is 36.7 Å². The number of carbonyl (C=O) groups is 2. The number of sulfonamides is 1. The van der Waals surface area contributed by atoms with Crippen LogP contribution in [0, 0.1) is 0 Å². The topological polar surface area (TPSA) is 95.6 Å². The number of fused-ring (bicyclic) bond motifs is 1. The molecule has 0 aliphatic rings. The molecule has 0 bridgehead atoms. The van der Waals surface area contributed by atoms with E-state index in [9.17, 15) is 18.0 Å². The lowest BCUT2D eigenvalue weighted by molar-refractivity contribution is -0.120. The lowest BCUT2D eigenvalue weighted by Crippen LogP contribution is -2.46. The van der Waals surface area contributed by atoms with Crippen LogP contribution in [0.2, 0.25) is 0 Å². The van der Waals surface area contributed by atoms with Gasteiger partial charge in [0.05, 0.1) is 4.90 Å². The summed E-state index contributed by atoms with van der Waals surface area (Å²) >= 11 is 0. The van der Waals surface area contributed by atoms with E-state index in [4.69, 9.17) is 0 Å². The van der Waals surface area contributed by atoms with Crippen molar-refractivity contribution in [1.29, 1.82) is 0 Å². The Labute approximate surface area is 229 Å². The van der Waals surface area contributed by atoms with E-state index in [0.29, 0.717) is 28.4 Å². The van der Waals surface area contributed by atoms with E-state index in [1.807, 2.05) is 36.4 Å². The smallest absolute Gasteiger partial charge is 0.254 e. The van der Waals surface area contributed by atoms with E-state index in [1.165, 1.54) is 4.90 Å². The van der Waals surface area contributed by atoms with Crippen molar-refractivity contribution < 1.29 is 18.0 Å². The molecule has 4 rings (SSSR count). The van der Waals surface area contributed by atoms with Crippen molar-refractivity contribution in [3.05, 3.63) is 108 Å². The average molecular weight is 544 g/mol. The molecule has 0 aliphatic heterocycles. The molecule has 2 amide bonds. The fourth-order valence-corrected chi connectivity index (χ4v) is 6.11. The van der Waals surface area contributed by atoms with Gasteiger partial charge in [-0.05, 0) is 50.6 Å². The standard InChI is InChI=1S/C31H33N3O4S/c1-31(2,3)33-39(37,38)28-20-12-17-24-25(28)18-11-19-26(24)32-29(35)27(21-22-13-7-5-8-14-22)34(4)30(36)23-15-9-6-10-16-23/h5-20,27,33H,21H2,1-4H3,(H,32,35). The quantitative estimate of drug-likeness (QED) is 0.318. The molecule has 0 radical (unpaired) electrons. The van der Waals surface area contributed by atoms with Crippen LogP contribution >= 0.6 is 0 Å². The first kappa shape index (κ1) is 28.0. The third kappa shape index (κ3) is 6.71. The van der Waals surface area contributed by atoms with Crippen LogP contribution in [-0.4, -0.2) is 43.8 Å². The van der Waals surface area contributed by atoms with E-state index < -0.39 is 21.6 Å². The highest BCUT2D eigenvalue weighted by Gasteiger charge is 2.29. The van der Waals surface area contributed by atoms with Gasteiger partial charge in [-0.2, -0.15) is 0 Å². The molecule has 0 aromatic heterocycles. The molecule has 202 valence electrons. The minimum atomic E-state index is -3.82. The summed E-state index contributed by atoms with van der Waals surface area (Å²) in [5.74, 6) is -0.648. The predicted octanol–water partition coefficient (Wildman–Crippen LogP) is 5.24. The number of carbonyl (C=O) groups excluding carboxylic acids is 2. The molecule has 4 aromatic rings. The normalized spacial score (nSPS) is 12.6. The van der Waals surface area contributed by atoms with Crippen molar-refractivity contribution >= 4 is 38.3 Å². The molecule has 1 unspecified atom stereocenters. The van der Waals surface area contributed by atoms with Gasteiger partial charge in [0, 0.05) is 41.0 Å². The zero-order chi connectivity index (χ0) is 28.2. The molecule has 1 atom stereocenters. The van der Waals surface area contributed by atoms with Crippen molar-refractivity contribution in [2.45, 2.75) is 43.7 Å². The van der Waals surface area contributed by atoms with Gasteiger partial charge in [-0.15, -0.1) is 0 Å². The number of nitrogens with one attached hydrogen (secondary N) is 2. The molecule has 7 nitrogen and oxygen atoms in total. The Balaban J connectivity index is 1.70. The van der Waals surface area contributed by atoms with Gasteiger partial charge in [-0.3, -0.25) is 9.59 Å². The minimum Gasteiger partial charge on any atom is -0.329 e. The number of rotatable bonds is 8. The lowest BCUT2D eigenvalue weighted by Gasteiger charge is -2.28. The van der Waals surface area contributed by atoms with Crippen LogP contribution in [0.4, 0.5) is 5.69 Å². The highest BCUT2D eigenvalue weighted by Crippen LogP contribution is 2.30. The van der Waals surface area contributed by atoms with E-state index in [1.54, 1.807) is 88.5 Å². The first-order valence-electron chi connectivity index (χ1n) is 12.7. The van der Waals surface area contributed by atoms with E-state index in [2.05, 4.69) is 10.0 Å². The molecule has 2 N–H and O–H groups in total. The number of anilines is 1. The fourth-order valence-electron chi connectivity index (χ4n) is 4.47. The molecular formula is C31H33N3O4S. The molecule has 0 saturated heterocycles. The van der Waals surface area contributed by atoms with Crippen LogP contribution < -0.4 is 10.0 Å². The van der Waals surface area contributed by atoms with E-state index in [0.717, 1.165) is 5.56 Å². The van der Waals surface area contributed by atoms with Gasteiger partial charge >= 0.3 is 0 Å². The Hall–Kier alpha value is -4.01. The van der Waals surface area contributed by atoms with Crippen molar-refractivity contribution in [3.8, 4) is 0 Å². The fraction of sp³-hybridized carbons (Fsp3) is 0.226. The second-order valence-corrected chi connectivity index (χ2v) is 12.1. The number of amides is 2. The Morgan fingerprint density at radius 2 is 1.38 bits per heavy atom. The monoisotopic (exact) mass is 543 g/mol. The van der Waals surface area contributed by atoms with Crippen molar-refractivity contribution in [1.82, 2.24) is 9.62 Å². The first-order valence-corrected chi connectivity index (χ1v) is 14.2. The number of hydrogen-bond donors (Lipinski definition) is 2. The van der Waals surface area contributed by atoms with Crippen LogP contribution in [0.3, 0.4) is 0 Å². The summed E-state index contributed by atoms with van der Waals surface area (Å²) in [6.07, 6.45) is 0.307. The summed E-state index contributed by atoms with van der Waals surface area (Å²) < 4.78 is 29.0. The summed E-state index contributed by atoms with van der Waals surface area (Å²) in [6, 6.07) is 27.6. The Kier molecular flexibility index (Phi) is 8.18. The molecule has 0 spiro atoms. The van der Waals surface area contributed by atoms with Gasteiger partial charge in [0.15, 0.2) is 0 Å². The maximum Gasteiger partial charge on any atom is 0.254 e. The molecular weight excluding hydrogens is 510 g/mol. The largest absolute Gasteiger partial charge is 0.329 e. The summed E-state index contributed by atoms with van der Waals surface area (Å²) in [6.45, 7) is 5.34. The minimum absolute atomic E-state index is 0.128. The first-order chi connectivity index (χ1) is 18.5. The molecule has 0 heterocycles. The third-order valence-corrected chi connectivity index (χ3v) is 8.07. The molecule has 0 fully saturated rings. The summed E-state index contributed by atoms with van der Waals surface area (Å²) in [5, 5.41) is 4.04. The lowest BCUT2D eigenvalue weighted by atomic mass is 10.0. The predicted molar refractivity (Wildman–Crippen MR) is 155 cm³/mol. The number of hydrogen-bond acceptors (Lipinski definition) is 4. The van der Waals surface area contributed by atoms with Gasteiger partial charge in [0.1, 0.15) is 6.04 Å². The van der Waals surface area contributed by atoms with E-state index in [-0.39, 0.29) is 16.7 Å². The zero-order valence-corrected chi connectivity index (χ0v) is 23.3. The summed E-state index contributed by atoms with van der Waals surface area (Å²) in [5.41, 5.74) is 1.19. The maximum absolute atomic E-state index is 13.8. The number of nitrogens with zero attached hydrogens (tertiary/aromatic N) is 1. The highest BCUT2D eigenvalue weighted by atomic mass is 32.2. The summed E-state index contributed by atoms with van der Waals surface area (Å²) in [7, 11) is -2.20. The summed E-state index contributed by atoms with van der Waals surface area (Å²) in [4.78, 5) is 28.6.